The lowest BCUT2D eigenvalue weighted by molar-refractivity contribution is -0.138. The minimum Gasteiger partial charge on any atom is -0.468 e. The molecule has 0 atom stereocenters. The Kier molecular flexibility index (Phi) is 4.01. The Bertz CT molecular complexity index is 330. The second kappa shape index (κ2) is 5.27. The summed E-state index contributed by atoms with van der Waals surface area (Å²) in [5.41, 5.74) is 0.179. The molecule has 8 heteroatoms. The second-order valence-electron chi connectivity index (χ2n) is 2.64. The Morgan fingerprint density at radius 3 is 2.60 bits per heavy atom. The predicted octanol–water partition coefficient (Wildman–Crippen LogP) is -2.26. The molecule has 0 aliphatic rings. The van der Waals surface area contributed by atoms with Crippen molar-refractivity contribution in [2.24, 2.45) is 0 Å². The molecule has 1 aromatic heterocycles. The van der Waals surface area contributed by atoms with Gasteiger partial charge in [-0.05, 0) is 0 Å². The van der Waals surface area contributed by atoms with E-state index in [1.54, 1.807) is 0 Å². The van der Waals surface area contributed by atoms with E-state index in [0.717, 1.165) is 0 Å². The Morgan fingerprint density at radius 1 is 1.53 bits per heavy atom. The van der Waals surface area contributed by atoms with Gasteiger partial charge in [-0.3, -0.25) is 4.79 Å². The minimum atomic E-state index is -1.60. The first-order valence-corrected chi connectivity index (χ1v) is 4.12. The number of carbonyl (C=O) groups is 1. The van der Waals surface area contributed by atoms with Crippen molar-refractivity contribution in [2.75, 3.05) is 19.0 Å². The molecule has 0 radical (unpaired) electrons. The van der Waals surface area contributed by atoms with Gasteiger partial charge in [0, 0.05) is 17.9 Å². The summed E-state index contributed by atoms with van der Waals surface area (Å²) in [6.07, 6.45) is 2.49. The van der Waals surface area contributed by atoms with Crippen molar-refractivity contribution in [3.8, 4) is 0 Å². The number of anilines is 1. The van der Waals surface area contributed by atoms with E-state index in [1.807, 2.05) is 0 Å². The summed E-state index contributed by atoms with van der Waals surface area (Å²) in [5, 5.41) is 20.1. The SMILES string of the molecule is COC(=O)CNc1ncc(B(O)O)cn1. The molecule has 1 heterocycles. The van der Waals surface area contributed by atoms with Crippen molar-refractivity contribution in [3.05, 3.63) is 12.4 Å². The van der Waals surface area contributed by atoms with Crippen LogP contribution in [0.1, 0.15) is 0 Å². The van der Waals surface area contributed by atoms with Crippen LogP contribution in [0.15, 0.2) is 12.4 Å². The third-order valence-corrected chi connectivity index (χ3v) is 1.59. The van der Waals surface area contributed by atoms with E-state index in [2.05, 4.69) is 20.0 Å². The lowest BCUT2D eigenvalue weighted by atomic mass is 9.83. The molecule has 0 amide bonds. The third kappa shape index (κ3) is 3.52. The van der Waals surface area contributed by atoms with Crippen molar-refractivity contribution in [3.63, 3.8) is 0 Å². The quantitative estimate of drug-likeness (QED) is 0.381. The van der Waals surface area contributed by atoms with Crippen LogP contribution < -0.4 is 10.8 Å². The zero-order chi connectivity index (χ0) is 11.3. The highest BCUT2D eigenvalue weighted by Crippen LogP contribution is 1.92. The van der Waals surface area contributed by atoms with E-state index in [9.17, 15) is 4.79 Å². The van der Waals surface area contributed by atoms with Gasteiger partial charge in [-0.15, -0.1) is 0 Å². The number of nitrogens with zero attached hydrogens (tertiary/aromatic N) is 2. The third-order valence-electron chi connectivity index (χ3n) is 1.59. The fourth-order valence-corrected chi connectivity index (χ4v) is 0.786. The van der Waals surface area contributed by atoms with Crippen molar-refractivity contribution >= 4 is 24.5 Å². The van der Waals surface area contributed by atoms with E-state index in [1.165, 1.54) is 19.5 Å². The number of ether oxygens (including phenoxy) is 1. The lowest BCUT2D eigenvalue weighted by Crippen LogP contribution is -2.31. The molecule has 3 N–H and O–H groups in total. The number of rotatable bonds is 4. The van der Waals surface area contributed by atoms with Crippen LogP contribution in [0.4, 0.5) is 5.95 Å². The van der Waals surface area contributed by atoms with Crippen LogP contribution in [-0.2, 0) is 9.53 Å². The molecule has 7 nitrogen and oxygen atoms in total. The summed E-state index contributed by atoms with van der Waals surface area (Å²) in [5.74, 6) is -0.227. The summed E-state index contributed by atoms with van der Waals surface area (Å²) in [6.45, 7) is -0.0441. The van der Waals surface area contributed by atoms with Gasteiger partial charge in [0.2, 0.25) is 5.95 Å². The van der Waals surface area contributed by atoms with Crippen molar-refractivity contribution in [2.45, 2.75) is 0 Å². The standard InChI is InChI=1S/C7H10BN3O4/c1-15-6(12)4-11-7-9-2-5(3-10-7)8(13)14/h2-3,13-14H,4H2,1H3,(H,9,10,11). The molecular formula is C7H10BN3O4. The van der Waals surface area contributed by atoms with Gasteiger partial charge in [0.1, 0.15) is 6.54 Å². The van der Waals surface area contributed by atoms with Gasteiger partial charge < -0.3 is 20.1 Å². The number of hydrogen-bond donors (Lipinski definition) is 3. The molecule has 0 saturated carbocycles. The molecule has 0 aliphatic carbocycles. The Hall–Kier alpha value is -1.67. The summed E-state index contributed by atoms with van der Waals surface area (Å²) in [6, 6.07) is 0. The first-order valence-electron chi connectivity index (χ1n) is 4.12. The second-order valence-corrected chi connectivity index (χ2v) is 2.64. The topological polar surface area (TPSA) is 105 Å². The molecule has 0 aliphatic heterocycles. The zero-order valence-corrected chi connectivity index (χ0v) is 8.04. The summed E-state index contributed by atoms with van der Waals surface area (Å²) in [4.78, 5) is 18.3. The maximum atomic E-state index is 10.7. The normalized spacial score (nSPS) is 9.53. The van der Waals surface area contributed by atoms with Gasteiger partial charge >= 0.3 is 13.1 Å². The highest BCUT2D eigenvalue weighted by molar-refractivity contribution is 6.58. The number of hydrogen-bond acceptors (Lipinski definition) is 7. The molecule has 0 aromatic carbocycles. The molecule has 15 heavy (non-hydrogen) atoms. The lowest BCUT2D eigenvalue weighted by Gasteiger charge is -2.03. The fourth-order valence-electron chi connectivity index (χ4n) is 0.786. The largest absolute Gasteiger partial charge is 0.491 e. The molecule has 0 saturated heterocycles. The van der Waals surface area contributed by atoms with Gasteiger partial charge in [0.25, 0.3) is 0 Å². The number of carbonyl (C=O) groups excluding carboxylic acids is 1. The van der Waals surface area contributed by atoms with E-state index < -0.39 is 13.1 Å². The van der Waals surface area contributed by atoms with Crippen LogP contribution in [0.25, 0.3) is 0 Å². The maximum Gasteiger partial charge on any atom is 0.491 e. The van der Waals surface area contributed by atoms with Gasteiger partial charge in [-0.1, -0.05) is 0 Å². The fraction of sp³-hybridized carbons (Fsp3) is 0.286. The van der Waals surface area contributed by atoms with Gasteiger partial charge in [0.05, 0.1) is 7.11 Å². The molecule has 1 rings (SSSR count). The van der Waals surface area contributed by atoms with Crippen LogP contribution in [-0.4, -0.2) is 46.8 Å². The molecule has 1 aromatic rings. The van der Waals surface area contributed by atoms with Crippen LogP contribution in [0.2, 0.25) is 0 Å². The van der Waals surface area contributed by atoms with Crippen LogP contribution in [0.3, 0.4) is 0 Å². The van der Waals surface area contributed by atoms with Crippen molar-refractivity contribution in [1.29, 1.82) is 0 Å². The summed E-state index contributed by atoms with van der Waals surface area (Å²) in [7, 11) is -0.324. The summed E-state index contributed by atoms with van der Waals surface area (Å²) < 4.78 is 4.40. The molecular weight excluding hydrogens is 201 g/mol. The Balaban J connectivity index is 2.53. The predicted molar refractivity (Wildman–Crippen MR) is 52.4 cm³/mol. The minimum absolute atomic E-state index is 0.0441. The Morgan fingerprint density at radius 2 is 2.13 bits per heavy atom. The summed E-state index contributed by atoms with van der Waals surface area (Å²) >= 11 is 0. The van der Waals surface area contributed by atoms with Gasteiger partial charge in [0.15, 0.2) is 0 Å². The van der Waals surface area contributed by atoms with Gasteiger partial charge in [-0.25, -0.2) is 9.97 Å². The highest BCUT2D eigenvalue weighted by Gasteiger charge is 2.11. The molecule has 0 bridgehead atoms. The van der Waals surface area contributed by atoms with Crippen LogP contribution >= 0.6 is 0 Å². The smallest absolute Gasteiger partial charge is 0.468 e. The molecule has 0 spiro atoms. The average Bonchev–Trinajstić information content (AvgIpc) is 2.26. The van der Waals surface area contributed by atoms with E-state index in [0.29, 0.717) is 0 Å². The van der Waals surface area contributed by atoms with Crippen LogP contribution in [0, 0.1) is 0 Å². The monoisotopic (exact) mass is 211 g/mol. The number of nitrogens with one attached hydrogen (secondary N) is 1. The molecule has 0 fully saturated rings. The maximum absolute atomic E-state index is 10.7. The van der Waals surface area contributed by atoms with Crippen molar-refractivity contribution in [1.82, 2.24) is 9.97 Å². The molecule has 80 valence electrons. The number of aromatic nitrogens is 2. The Labute approximate surface area is 86.3 Å². The van der Waals surface area contributed by atoms with E-state index >= 15 is 0 Å². The van der Waals surface area contributed by atoms with Crippen LogP contribution in [0.5, 0.6) is 0 Å². The average molecular weight is 211 g/mol. The van der Waals surface area contributed by atoms with Crippen molar-refractivity contribution < 1.29 is 19.6 Å². The van der Waals surface area contributed by atoms with Gasteiger partial charge in [-0.2, -0.15) is 0 Å². The molecule has 0 unspecified atom stereocenters. The first-order chi connectivity index (χ1) is 7.13. The zero-order valence-electron chi connectivity index (χ0n) is 8.04. The van der Waals surface area contributed by atoms with E-state index in [-0.39, 0.29) is 18.0 Å². The highest BCUT2D eigenvalue weighted by atomic mass is 16.5. The number of esters is 1. The first kappa shape index (κ1) is 11.4. The number of methoxy groups -OCH3 is 1. The van der Waals surface area contributed by atoms with E-state index in [4.69, 9.17) is 10.0 Å².